The van der Waals surface area contributed by atoms with E-state index in [0.717, 1.165) is 0 Å². The molecule has 0 aliphatic carbocycles. The molecule has 0 atom stereocenters. The molecular formula is C10H30O5Si6. The Balaban J connectivity index is 4.75. The first kappa shape index (κ1) is 22.1. The van der Waals surface area contributed by atoms with Crippen LogP contribution in [0.2, 0.25) is 65.5 Å². The van der Waals surface area contributed by atoms with Gasteiger partial charge in [-0.3, -0.25) is 0 Å². The Hall–Kier alpha value is 1.10. The third-order valence-electron chi connectivity index (χ3n) is 2.07. The van der Waals surface area contributed by atoms with Crippen molar-refractivity contribution in [2.45, 2.75) is 65.5 Å². The Bertz CT molecular complexity index is 330. The third kappa shape index (κ3) is 11.3. The minimum atomic E-state index is -2.31. The van der Waals surface area contributed by atoms with Crippen molar-refractivity contribution in [3.05, 3.63) is 0 Å². The van der Waals surface area contributed by atoms with Crippen molar-refractivity contribution in [3.8, 4) is 0 Å². The molecule has 0 saturated heterocycles. The molecule has 0 aromatic rings. The zero-order valence-corrected chi connectivity index (χ0v) is 21.0. The zero-order chi connectivity index (χ0) is 17.1. The van der Waals surface area contributed by atoms with E-state index in [0.29, 0.717) is 0 Å². The lowest BCUT2D eigenvalue weighted by atomic mass is 11.8. The molecule has 0 bridgehead atoms. The van der Waals surface area contributed by atoms with Gasteiger partial charge in [-0.05, 0) is 65.5 Å². The summed E-state index contributed by atoms with van der Waals surface area (Å²) < 4.78 is 29.8. The summed E-state index contributed by atoms with van der Waals surface area (Å²) in [6, 6.07) is 0. The molecule has 0 aliphatic heterocycles. The van der Waals surface area contributed by atoms with Crippen molar-refractivity contribution in [1.29, 1.82) is 0 Å². The number of rotatable bonds is 9. The second-order valence-electron chi connectivity index (χ2n) is 7.31. The van der Waals surface area contributed by atoms with Gasteiger partial charge in [0.1, 0.15) is 0 Å². The monoisotopic (exact) mass is 398 g/mol. The Morgan fingerprint density at radius 3 is 1.43 bits per heavy atom. The van der Waals surface area contributed by atoms with Gasteiger partial charge in [-0.1, -0.05) is 0 Å². The molecule has 5 nitrogen and oxygen atoms in total. The fraction of sp³-hybridized carbons (Fsp3) is 1.00. The van der Waals surface area contributed by atoms with Crippen LogP contribution in [0, 0.1) is 0 Å². The first-order valence-electron chi connectivity index (χ1n) is 7.04. The average molecular weight is 399 g/mol. The van der Waals surface area contributed by atoms with Crippen LogP contribution in [-0.2, 0) is 20.6 Å². The lowest BCUT2D eigenvalue weighted by Gasteiger charge is -2.40. The zero-order valence-electron chi connectivity index (χ0n) is 15.0. The Kier molecular flexibility index (Phi) is 8.19. The van der Waals surface area contributed by atoms with Crippen molar-refractivity contribution in [1.82, 2.24) is 0 Å². The third-order valence-corrected chi connectivity index (χ3v) is 18.6. The topological polar surface area (TPSA) is 46.2 Å². The van der Waals surface area contributed by atoms with Crippen LogP contribution in [0.5, 0.6) is 0 Å². The highest BCUT2D eigenvalue weighted by Gasteiger charge is 2.43. The predicted molar refractivity (Wildman–Crippen MR) is 98.6 cm³/mol. The van der Waals surface area contributed by atoms with E-state index in [1.54, 1.807) is 0 Å². The van der Waals surface area contributed by atoms with Crippen molar-refractivity contribution in [2.75, 3.05) is 0 Å². The largest absolute Gasteiger partial charge is 0.437 e. The standard InChI is InChI=1S/C10H30O5Si6/c1-17(11-16)12-19(5,6)14-21(9,10)15-20(7,8)13-18(2,3)4/h1-10H3. The van der Waals surface area contributed by atoms with Gasteiger partial charge in [-0.2, -0.15) is 0 Å². The Morgan fingerprint density at radius 1 is 0.667 bits per heavy atom. The molecule has 21 heavy (non-hydrogen) atoms. The maximum absolute atomic E-state index is 6.33. The molecule has 124 valence electrons. The summed E-state index contributed by atoms with van der Waals surface area (Å²) in [4.78, 5) is 0. The first-order chi connectivity index (χ1) is 9.08. The maximum atomic E-state index is 6.33. The Morgan fingerprint density at radius 2 is 1.05 bits per heavy atom. The van der Waals surface area contributed by atoms with E-state index in [4.69, 9.17) is 20.6 Å². The molecule has 0 heterocycles. The highest BCUT2D eigenvalue weighted by Crippen LogP contribution is 2.24. The molecular weight excluding hydrogens is 369 g/mol. The van der Waals surface area contributed by atoms with E-state index in [1.165, 1.54) is 0 Å². The summed E-state index contributed by atoms with van der Waals surface area (Å²) in [5.41, 5.74) is 0. The van der Waals surface area contributed by atoms with Gasteiger partial charge in [0, 0.05) is 0 Å². The van der Waals surface area contributed by atoms with E-state index in [1.807, 2.05) is 19.6 Å². The van der Waals surface area contributed by atoms with E-state index in [2.05, 4.69) is 56.3 Å². The molecule has 0 N–H and O–H groups in total. The van der Waals surface area contributed by atoms with E-state index >= 15 is 0 Å². The molecule has 0 spiro atoms. The quantitative estimate of drug-likeness (QED) is 0.558. The van der Waals surface area contributed by atoms with Crippen LogP contribution in [0.1, 0.15) is 0 Å². The van der Waals surface area contributed by atoms with E-state index in [9.17, 15) is 0 Å². The second kappa shape index (κ2) is 7.78. The minimum absolute atomic E-state index is 1.33. The van der Waals surface area contributed by atoms with Crippen molar-refractivity contribution in [2.24, 2.45) is 0 Å². The van der Waals surface area contributed by atoms with Gasteiger partial charge in [-0.15, -0.1) is 0 Å². The van der Waals surface area contributed by atoms with Crippen molar-refractivity contribution in [3.63, 3.8) is 0 Å². The van der Waals surface area contributed by atoms with Crippen molar-refractivity contribution < 1.29 is 20.6 Å². The summed E-state index contributed by atoms with van der Waals surface area (Å²) in [7, 11) is -6.69. The fourth-order valence-corrected chi connectivity index (χ4v) is 22.7. The lowest BCUT2D eigenvalue weighted by molar-refractivity contribution is 0.292. The normalized spacial score (nSPS) is 14.9. The summed E-state index contributed by atoms with van der Waals surface area (Å²) in [5, 5.41) is 0. The van der Waals surface area contributed by atoms with E-state index in [-0.39, 0.29) is 0 Å². The van der Waals surface area contributed by atoms with Crippen LogP contribution < -0.4 is 0 Å². The van der Waals surface area contributed by atoms with Crippen LogP contribution in [0.4, 0.5) is 0 Å². The van der Waals surface area contributed by atoms with Crippen LogP contribution in [0.25, 0.3) is 0 Å². The van der Waals surface area contributed by atoms with Gasteiger partial charge >= 0.3 is 35.0 Å². The van der Waals surface area contributed by atoms with Gasteiger partial charge < -0.3 is 20.6 Å². The van der Waals surface area contributed by atoms with Crippen molar-refractivity contribution >= 4 is 53.8 Å². The van der Waals surface area contributed by atoms with E-state index < -0.39 is 43.3 Å². The molecule has 0 fully saturated rings. The summed E-state index contributed by atoms with van der Waals surface area (Å²) in [6.07, 6.45) is 0. The maximum Gasteiger partial charge on any atom is 0.360 e. The van der Waals surface area contributed by atoms with Gasteiger partial charge in [0.15, 0.2) is 8.32 Å². The van der Waals surface area contributed by atoms with Crippen LogP contribution in [0.15, 0.2) is 0 Å². The SMILES string of the molecule is C[Si](O[Si])O[Si](C)(C)O[Si](C)(C)O[Si](C)(C)O[Si](C)(C)C. The molecule has 4 radical (unpaired) electrons. The first-order valence-corrected chi connectivity index (χ1v) is 21.1. The van der Waals surface area contributed by atoms with Gasteiger partial charge in [0.05, 0.1) is 0 Å². The second-order valence-corrected chi connectivity index (χ2v) is 25.0. The van der Waals surface area contributed by atoms with Crippen LogP contribution >= 0.6 is 0 Å². The number of hydrogen-bond donors (Lipinski definition) is 0. The van der Waals surface area contributed by atoms with Crippen LogP contribution in [0.3, 0.4) is 0 Å². The average Bonchev–Trinajstić information content (AvgIpc) is 2.07. The highest BCUT2D eigenvalue weighted by atomic mass is 28.5. The molecule has 0 aromatic carbocycles. The summed E-state index contributed by atoms with van der Waals surface area (Å²) in [5.74, 6) is 0. The lowest BCUT2D eigenvalue weighted by Crippen LogP contribution is -2.57. The van der Waals surface area contributed by atoms with Crippen LogP contribution in [-0.4, -0.2) is 53.8 Å². The molecule has 0 unspecified atom stereocenters. The molecule has 0 aliphatic rings. The Labute approximate surface area is 139 Å². The smallest absolute Gasteiger partial charge is 0.360 e. The van der Waals surface area contributed by atoms with Gasteiger partial charge in [0.2, 0.25) is 10.5 Å². The summed E-state index contributed by atoms with van der Waals surface area (Å²) in [6.45, 7) is 20.8. The molecule has 11 heteroatoms. The van der Waals surface area contributed by atoms with Gasteiger partial charge in [-0.25, -0.2) is 0 Å². The minimum Gasteiger partial charge on any atom is -0.437 e. The molecule has 0 amide bonds. The molecule has 0 aromatic heterocycles. The highest BCUT2D eigenvalue weighted by molar-refractivity contribution is 6.89. The molecule has 0 saturated carbocycles. The summed E-state index contributed by atoms with van der Waals surface area (Å²) >= 11 is 0. The van der Waals surface area contributed by atoms with Gasteiger partial charge in [0.25, 0.3) is 0 Å². The number of hydrogen-bond acceptors (Lipinski definition) is 5. The molecule has 0 rings (SSSR count). The fourth-order valence-electron chi connectivity index (χ4n) is 2.35. The predicted octanol–water partition coefficient (Wildman–Crippen LogP) is 3.21.